The molecule has 0 aliphatic heterocycles. The van der Waals surface area contributed by atoms with Gasteiger partial charge in [0.05, 0.1) is 8.07 Å². The van der Waals surface area contributed by atoms with Crippen molar-refractivity contribution in [1.82, 2.24) is 9.97 Å². The number of hydrogen-bond acceptors (Lipinski definition) is 3. The van der Waals surface area contributed by atoms with Crippen LogP contribution in [0.1, 0.15) is 0 Å². The van der Waals surface area contributed by atoms with Crippen molar-refractivity contribution >= 4 is 24.5 Å². The standard InChI is InChI=1S/C15H16N2OSi/c1-19(2,3)12-9-10-16-15-13(12)17-14(18-15)11-7-5-4-6-8-11/h4-10H,1-3H3. The number of rotatable bonds is 2. The predicted molar refractivity (Wildman–Crippen MR) is 80.2 cm³/mol. The van der Waals surface area contributed by atoms with Crippen LogP contribution in [-0.4, -0.2) is 18.0 Å². The van der Waals surface area contributed by atoms with Crippen molar-refractivity contribution in [2.45, 2.75) is 19.6 Å². The van der Waals surface area contributed by atoms with Crippen LogP contribution in [0, 0.1) is 0 Å². The first-order chi connectivity index (χ1) is 9.05. The molecule has 1 aromatic carbocycles. The van der Waals surface area contributed by atoms with Crippen molar-refractivity contribution in [2.24, 2.45) is 0 Å². The summed E-state index contributed by atoms with van der Waals surface area (Å²) in [5, 5.41) is 1.29. The predicted octanol–water partition coefficient (Wildman–Crippen LogP) is 3.44. The van der Waals surface area contributed by atoms with Gasteiger partial charge in [-0.1, -0.05) is 37.8 Å². The third-order valence-corrected chi connectivity index (χ3v) is 5.15. The maximum absolute atomic E-state index is 5.79. The van der Waals surface area contributed by atoms with Gasteiger partial charge in [0.15, 0.2) is 0 Å². The largest absolute Gasteiger partial charge is 0.418 e. The molecular weight excluding hydrogens is 252 g/mol. The monoisotopic (exact) mass is 268 g/mol. The minimum Gasteiger partial charge on any atom is -0.418 e. The molecule has 0 bridgehead atoms. The average molecular weight is 268 g/mol. The summed E-state index contributed by atoms with van der Waals surface area (Å²) in [6.07, 6.45) is 1.82. The van der Waals surface area contributed by atoms with Crippen LogP contribution in [0.3, 0.4) is 0 Å². The quantitative estimate of drug-likeness (QED) is 0.668. The van der Waals surface area contributed by atoms with Crippen LogP contribution in [0.25, 0.3) is 22.7 Å². The molecule has 19 heavy (non-hydrogen) atoms. The summed E-state index contributed by atoms with van der Waals surface area (Å²) >= 11 is 0. The second-order valence-corrected chi connectivity index (χ2v) is 10.7. The Balaban J connectivity index is 2.22. The fourth-order valence-electron chi connectivity index (χ4n) is 2.14. The zero-order valence-corrected chi connectivity index (χ0v) is 12.3. The van der Waals surface area contributed by atoms with Crippen molar-refractivity contribution in [1.29, 1.82) is 0 Å². The smallest absolute Gasteiger partial charge is 0.247 e. The van der Waals surface area contributed by atoms with E-state index in [-0.39, 0.29) is 0 Å². The van der Waals surface area contributed by atoms with E-state index in [0.29, 0.717) is 11.6 Å². The Hall–Kier alpha value is -1.94. The van der Waals surface area contributed by atoms with E-state index in [2.05, 4.69) is 35.7 Å². The number of fused-ring (bicyclic) bond motifs is 1. The molecule has 96 valence electrons. The molecule has 0 aliphatic carbocycles. The number of nitrogens with zero attached hydrogens (tertiary/aromatic N) is 2. The molecule has 0 radical (unpaired) electrons. The summed E-state index contributed by atoms with van der Waals surface area (Å²) in [5.41, 5.74) is 2.54. The first kappa shape index (κ1) is 12.1. The third-order valence-electron chi connectivity index (χ3n) is 3.13. The van der Waals surface area contributed by atoms with Crippen LogP contribution in [0.2, 0.25) is 19.6 Å². The number of pyridine rings is 1. The van der Waals surface area contributed by atoms with Crippen LogP contribution in [-0.2, 0) is 0 Å². The van der Waals surface area contributed by atoms with E-state index in [1.165, 1.54) is 5.19 Å². The van der Waals surface area contributed by atoms with Crippen LogP contribution < -0.4 is 5.19 Å². The molecule has 2 aromatic heterocycles. The molecule has 0 saturated carbocycles. The molecule has 2 heterocycles. The van der Waals surface area contributed by atoms with Crippen molar-refractivity contribution < 1.29 is 4.42 Å². The highest BCUT2D eigenvalue weighted by molar-refractivity contribution is 6.90. The lowest BCUT2D eigenvalue weighted by Gasteiger charge is -2.15. The molecular formula is C15H16N2OSi. The van der Waals surface area contributed by atoms with E-state index >= 15 is 0 Å². The van der Waals surface area contributed by atoms with E-state index in [0.717, 1.165) is 11.1 Å². The Morgan fingerprint density at radius 3 is 2.42 bits per heavy atom. The summed E-state index contributed by atoms with van der Waals surface area (Å²) < 4.78 is 5.79. The van der Waals surface area contributed by atoms with Crippen LogP contribution in [0.5, 0.6) is 0 Å². The molecule has 3 rings (SSSR count). The molecule has 0 fully saturated rings. The normalized spacial score (nSPS) is 11.9. The van der Waals surface area contributed by atoms with E-state index in [1.54, 1.807) is 0 Å². The lowest BCUT2D eigenvalue weighted by Crippen LogP contribution is -2.38. The van der Waals surface area contributed by atoms with E-state index in [1.807, 2.05) is 36.5 Å². The SMILES string of the molecule is C[Si](C)(C)c1ccnc2oc(-c3ccccc3)nc12. The van der Waals surface area contributed by atoms with Crippen molar-refractivity contribution in [3.05, 3.63) is 42.6 Å². The molecule has 0 unspecified atom stereocenters. The maximum Gasteiger partial charge on any atom is 0.247 e. The van der Waals surface area contributed by atoms with Gasteiger partial charge in [-0.15, -0.1) is 0 Å². The second kappa shape index (κ2) is 4.31. The van der Waals surface area contributed by atoms with Gasteiger partial charge in [-0.05, 0) is 23.4 Å². The fourth-order valence-corrected chi connectivity index (χ4v) is 3.59. The minimum atomic E-state index is -1.45. The number of oxazole rings is 1. The number of hydrogen-bond donors (Lipinski definition) is 0. The van der Waals surface area contributed by atoms with E-state index in [9.17, 15) is 0 Å². The third kappa shape index (κ3) is 2.19. The fraction of sp³-hybridized carbons (Fsp3) is 0.200. The van der Waals surface area contributed by atoms with Gasteiger partial charge in [0.25, 0.3) is 0 Å². The second-order valence-electron chi connectivity index (χ2n) is 5.65. The molecule has 4 heteroatoms. The number of benzene rings is 1. The Bertz CT molecular complexity index is 714. The molecule has 3 aromatic rings. The molecule has 0 amide bonds. The summed E-state index contributed by atoms with van der Waals surface area (Å²) in [6.45, 7) is 6.91. The van der Waals surface area contributed by atoms with Gasteiger partial charge in [0.2, 0.25) is 11.6 Å². The van der Waals surface area contributed by atoms with E-state index in [4.69, 9.17) is 4.42 Å². The van der Waals surface area contributed by atoms with Crippen molar-refractivity contribution in [2.75, 3.05) is 0 Å². The van der Waals surface area contributed by atoms with Crippen LogP contribution >= 0.6 is 0 Å². The summed E-state index contributed by atoms with van der Waals surface area (Å²) in [6, 6.07) is 12.0. The Labute approximate surface area is 113 Å². The Kier molecular flexibility index (Phi) is 2.75. The van der Waals surface area contributed by atoms with Crippen molar-refractivity contribution in [3.8, 4) is 11.5 Å². The van der Waals surface area contributed by atoms with Gasteiger partial charge in [0.1, 0.15) is 5.52 Å². The minimum absolute atomic E-state index is 0.638. The van der Waals surface area contributed by atoms with Gasteiger partial charge in [-0.2, -0.15) is 0 Å². The molecule has 0 N–H and O–H groups in total. The summed E-state index contributed by atoms with van der Waals surface area (Å²) in [7, 11) is -1.45. The maximum atomic E-state index is 5.79. The number of aromatic nitrogens is 2. The lowest BCUT2D eigenvalue weighted by atomic mass is 10.2. The first-order valence-corrected chi connectivity index (χ1v) is 9.87. The van der Waals surface area contributed by atoms with Gasteiger partial charge in [0, 0.05) is 11.8 Å². The van der Waals surface area contributed by atoms with Gasteiger partial charge < -0.3 is 4.42 Å². The topological polar surface area (TPSA) is 38.9 Å². The van der Waals surface area contributed by atoms with Crippen molar-refractivity contribution in [3.63, 3.8) is 0 Å². The highest BCUT2D eigenvalue weighted by Crippen LogP contribution is 2.22. The zero-order chi connectivity index (χ0) is 13.5. The zero-order valence-electron chi connectivity index (χ0n) is 11.3. The van der Waals surface area contributed by atoms with Gasteiger partial charge in [-0.3, -0.25) is 0 Å². The van der Waals surface area contributed by atoms with Gasteiger partial charge >= 0.3 is 0 Å². The average Bonchev–Trinajstić information content (AvgIpc) is 2.82. The Morgan fingerprint density at radius 1 is 1.00 bits per heavy atom. The molecule has 0 aliphatic rings. The van der Waals surface area contributed by atoms with Crippen LogP contribution in [0.4, 0.5) is 0 Å². The molecule has 3 nitrogen and oxygen atoms in total. The van der Waals surface area contributed by atoms with Crippen LogP contribution in [0.15, 0.2) is 47.0 Å². The molecule has 0 atom stereocenters. The highest BCUT2D eigenvalue weighted by Gasteiger charge is 2.22. The van der Waals surface area contributed by atoms with Gasteiger partial charge in [-0.25, -0.2) is 9.97 Å². The lowest BCUT2D eigenvalue weighted by molar-refractivity contribution is 0.608. The summed E-state index contributed by atoms with van der Waals surface area (Å²) in [4.78, 5) is 8.95. The highest BCUT2D eigenvalue weighted by atomic mass is 28.3. The summed E-state index contributed by atoms with van der Waals surface area (Å²) in [5.74, 6) is 0.647. The molecule has 0 spiro atoms. The molecule has 0 saturated heterocycles. The van der Waals surface area contributed by atoms with E-state index < -0.39 is 8.07 Å². The Morgan fingerprint density at radius 2 is 1.74 bits per heavy atom. The first-order valence-electron chi connectivity index (χ1n) is 6.37.